The third-order valence-corrected chi connectivity index (χ3v) is 5.91. The average molecular weight is 438 g/mol. The summed E-state index contributed by atoms with van der Waals surface area (Å²) in [5.41, 5.74) is 7.14. The standard InChI is InChI=1S/C25H31N3O4/c1-4-18(29)11-6-5-7-12-19(16(2)23(26)30)24-27-15-22(32-24)20-14-17-10-8-9-13-21(17)28-25(20)31-3/h8-10,13-16,19H,4-7,11-12H2,1-3H3,(H2,26,30)/t16?,19-/m0/s1. The number of carbonyl (C=O) groups is 2. The third kappa shape index (κ3) is 5.52. The van der Waals surface area contributed by atoms with Crippen LogP contribution in [0.5, 0.6) is 5.88 Å². The largest absolute Gasteiger partial charge is 0.480 e. The number of amides is 1. The predicted molar refractivity (Wildman–Crippen MR) is 123 cm³/mol. The molecule has 0 bridgehead atoms. The molecule has 2 N–H and O–H groups in total. The van der Waals surface area contributed by atoms with Crippen molar-refractivity contribution >= 4 is 22.6 Å². The monoisotopic (exact) mass is 437 g/mol. The van der Waals surface area contributed by atoms with E-state index in [9.17, 15) is 9.59 Å². The van der Waals surface area contributed by atoms with Crippen molar-refractivity contribution in [3.05, 3.63) is 42.4 Å². The zero-order valence-electron chi connectivity index (χ0n) is 19.0. The van der Waals surface area contributed by atoms with E-state index in [4.69, 9.17) is 14.9 Å². The molecule has 0 spiro atoms. The van der Waals surface area contributed by atoms with E-state index in [2.05, 4.69) is 9.97 Å². The molecule has 0 aliphatic heterocycles. The number of para-hydroxylation sites is 1. The summed E-state index contributed by atoms with van der Waals surface area (Å²) in [6.07, 6.45) is 6.14. The topological polar surface area (TPSA) is 108 Å². The Morgan fingerprint density at radius 2 is 1.97 bits per heavy atom. The first-order valence-electron chi connectivity index (χ1n) is 11.2. The summed E-state index contributed by atoms with van der Waals surface area (Å²) in [4.78, 5) is 32.5. The average Bonchev–Trinajstić information content (AvgIpc) is 3.29. The Morgan fingerprint density at radius 1 is 1.19 bits per heavy atom. The summed E-state index contributed by atoms with van der Waals surface area (Å²) in [6.45, 7) is 3.68. The van der Waals surface area contributed by atoms with Crippen LogP contribution in [-0.2, 0) is 9.59 Å². The molecule has 0 aliphatic rings. The maximum atomic E-state index is 11.9. The zero-order valence-corrected chi connectivity index (χ0v) is 19.0. The van der Waals surface area contributed by atoms with Crippen LogP contribution < -0.4 is 10.5 Å². The molecular weight excluding hydrogens is 406 g/mol. The van der Waals surface area contributed by atoms with Crippen LogP contribution >= 0.6 is 0 Å². The summed E-state index contributed by atoms with van der Waals surface area (Å²) in [5, 5.41) is 0.963. The molecule has 0 aliphatic carbocycles. The summed E-state index contributed by atoms with van der Waals surface area (Å²) < 4.78 is 11.6. The Bertz CT molecular complexity index is 1080. The van der Waals surface area contributed by atoms with Crippen LogP contribution in [0.1, 0.15) is 64.2 Å². The number of ketones is 1. The second-order valence-corrected chi connectivity index (χ2v) is 8.09. The van der Waals surface area contributed by atoms with E-state index in [0.29, 0.717) is 42.4 Å². The lowest BCUT2D eigenvalue weighted by atomic mass is 9.88. The minimum absolute atomic E-state index is 0.234. The fourth-order valence-corrected chi connectivity index (χ4v) is 3.84. The molecule has 2 aromatic heterocycles. The van der Waals surface area contributed by atoms with Gasteiger partial charge in [0, 0.05) is 30.1 Å². The van der Waals surface area contributed by atoms with Crippen LogP contribution in [0.25, 0.3) is 22.2 Å². The van der Waals surface area contributed by atoms with Gasteiger partial charge in [-0.25, -0.2) is 9.97 Å². The van der Waals surface area contributed by atoms with Crippen LogP contribution in [0, 0.1) is 5.92 Å². The van der Waals surface area contributed by atoms with Crippen LogP contribution in [0.3, 0.4) is 0 Å². The minimum Gasteiger partial charge on any atom is -0.480 e. The Morgan fingerprint density at radius 3 is 2.69 bits per heavy atom. The molecule has 2 atom stereocenters. The van der Waals surface area contributed by atoms with Gasteiger partial charge in [-0.2, -0.15) is 0 Å². The van der Waals surface area contributed by atoms with Gasteiger partial charge in [0.1, 0.15) is 5.78 Å². The zero-order chi connectivity index (χ0) is 23.1. The van der Waals surface area contributed by atoms with Gasteiger partial charge in [0.25, 0.3) is 0 Å². The van der Waals surface area contributed by atoms with Gasteiger partial charge < -0.3 is 14.9 Å². The fourth-order valence-electron chi connectivity index (χ4n) is 3.84. The molecule has 2 heterocycles. The number of primary amides is 1. The molecule has 0 saturated carbocycles. The van der Waals surface area contributed by atoms with Crippen molar-refractivity contribution in [1.82, 2.24) is 9.97 Å². The molecule has 1 amide bonds. The number of nitrogens with two attached hydrogens (primary N) is 1. The number of hydrogen-bond donors (Lipinski definition) is 1. The number of nitrogens with zero attached hydrogens (tertiary/aromatic N) is 2. The summed E-state index contributed by atoms with van der Waals surface area (Å²) >= 11 is 0. The maximum Gasteiger partial charge on any atom is 0.224 e. The van der Waals surface area contributed by atoms with E-state index < -0.39 is 5.92 Å². The molecule has 0 radical (unpaired) electrons. The number of ether oxygens (including phenoxy) is 1. The van der Waals surface area contributed by atoms with Gasteiger partial charge in [-0.3, -0.25) is 9.59 Å². The molecular formula is C25H31N3O4. The van der Waals surface area contributed by atoms with Gasteiger partial charge in [-0.15, -0.1) is 0 Å². The SMILES string of the molecule is CCC(=O)CCCCC[C@H](c1ncc(-c2cc3ccccc3nc2OC)o1)C(C)C(N)=O. The first-order valence-corrected chi connectivity index (χ1v) is 11.2. The van der Waals surface area contributed by atoms with Crippen LogP contribution in [0.2, 0.25) is 0 Å². The van der Waals surface area contributed by atoms with Crippen LogP contribution in [-0.4, -0.2) is 28.8 Å². The summed E-state index contributed by atoms with van der Waals surface area (Å²) in [5.74, 6) is 0.698. The van der Waals surface area contributed by atoms with E-state index in [-0.39, 0.29) is 17.6 Å². The van der Waals surface area contributed by atoms with Crippen molar-refractivity contribution in [2.45, 2.75) is 58.3 Å². The van der Waals surface area contributed by atoms with Crippen molar-refractivity contribution in [2.75, 3.05) is 7.11 Å². The van der Waals surface area contributed by atoms with E-state index in [1.54, 1.807) is 20.2 Å². The number of methoxy groups -OCH3 is 1. The molecule has 1 aromatic carbocycles. The molecule has 1 unspecified atom stereocenters. The second kappa shape index (κ2) is 10.9. The minimum atomic E-state index is -0.421. The van der Waals surface area contributed by atoms with Gasteiger partial charge in [-0.05, 0) is 25.0 Å². The Balaban J connectivity index is 1.81. The van der Waals surface area contributed by atoms with Gasteiger partial charge in [-0.1, -0.05) is 44.9 Å². The van der Waals surface area contributed by atoms with E-state index in [1.807, 2.05) is 37.3 Å². The number of benzene rings is 1. The second-order valence-electron chi connectivity index (χ2n) is 8.09. The highest BCUT2D eigenvalue weighted by Crippen LogP contribution is 2.36. The fraction of sp³-hybridized carbons (Fsp3) is 0.440. The Kier molecular flexibility index (Phi) is 7.98. The number of pyridine rings is 1. The van der Waals surface area contributed by atoms with E-state index >= 15 is 0 Å². The number of rotatable bonds is 12. The molecule has 32 heavy (non-hydrogen) atoms. The molecule has 0 saturated heterocycles. The Hall–Kier alpha value is -3.22. The maximum absolute atomic E-state index is 11.9. The van der Waals surface area contributed by atoms with Crippen LogP contribution in [0.15, 0.2) is 40.9 Å². The first kappa shape index (κ1) is 23.4. The quantitative estimate of drug-likeness (QED) is 0.398. The van der Waals surface area contributed by atoms with Gasteiger partial charge >= 0.3 is 0 Å². The number of carbonyl (C=O) groups excluding carboxylic acids is 2. The molecule has 170 valence electrons. The number of Topliss-reactive ketones (excluding diaryl/α,β-unsaturated/α-hetero) is 1. The molecule has 7 nitrogen and oxygen atoms in total. The number of fused-ring (bicyclic) bond motifs is 1. The van der Waals surface area contributed by atoms with Crippen molar-refractivity contribution < 1.29 is 18.7 Å². The molecule has 3 rings (SSSR count). The number of oxazole rings is 1. The highest BCUT2D eigenvalue weighted by Gasteiger charge is 2.28. The van der Waals surface area contributed by atoms with Crippen molar-refractivity contribution in [1.29, 1.82) is 0 Å². The Labute approximate surface area is 188 Å². The van der Waals surface area contributed by atoms with Gasteiger partial charge in [0.15, 0.2) is 11.7 Å². The lowest BCUT2D eigenvalue weighted by Crippen LogP contribution is -2.26. The lowest BCUT2D eigenvalue weighted by Gasteiger charge is -2.18. The lowest BCUT2D eigenvalue weighted by molar-refractivity contribution is -0.122. The van der Waals surface area contributed by atoms with E-state index in [0.717, 1.165) is 30.2 Å². The highest BCUT2D eigenvalue weighted by atomic mass is 16.5. The van der Waals surface area contributed by atoms with Gasteiger partial charge in [0.2, 0.25) is 11.8 Å². The summed E-state index contributed by atoms with van der Waals surface area (Å²) in [7, 11) is 1.57. The van der Waals surface area contributed by atoms with Crippen LogP contribution in [0.4, 0.5) is 0 Å². The smallest absolute Gasteiger partial charge is 0.224 e. The normalized spacial score (nSPS) is 13.1. The predicted octanol–water partition coefficient (Wildman–Crippen LogP) is 5.03. The van der Waals surface area contributed by atoms with Crippen molar-refractivity contribution in [2.24, 2.45) is 11.7 Å². The van der Waals surface area contributed by atoms with Crippen molar-refractivity contribution in [3.63, 3.8) is 0 Å². The molecule has 0 fully saturated rings. The van der Waals surface area contributed by atoms with E-state index in [1.165, 1.54) is 0 Å². The molecule has 3 aromatic rings. The number of aromatic nitrogens is 2. The third-order valence-electron chi connectivity index (χ3n) is 5.91. The highest BCUT2D eigenvalue weighted by molar-refractivity contribution is 5.85. The van der Waals surface area contributed by atoms with Crippen molar-refractivity contribution in [3.8, 4) is 17.2 Å². The number of hydrogen-bond acceptors (Lipinski definition) is 6. The number of unbranched alkanes of at least 4 members (excludes halogenated alkanes) is 2. The van der Waals surface area contributed by atoms with Gasteiger partial charge in [0.05, 0.1) is 24.4 Å². The molecule has 7 heteroatoms. The first-order chi connectivity index (χ1) is 15.4. The summed E-state index contributed by atoms with van der Waals surface area (Å²) in [6, 6.07) is 9.73.